The Morgan fingerprint density at radius 2 is 2.08 bits per heavy atom. The molecule has 0 fully saturated rings. The highest BCUT2D eigenvalue weighted by atomic mass is 16.4. The minimum absolute atomic E-state index is 0.492. The van der Waals surface area contributed by atoms with Crippen LogP contribution in [0.15, 0.2) is 12.2 Å². The second-order valence-electron chi connectivity index (χ2n) is 2.01. The molecule has 64 valence electrons. The fraction of sp³-hybridized carbons (Fsp3) is 0.333. The van der Waals surface area contributed by atoms with Crippen LogP contribution in [-0.4, -0.2) is 34.1 Å². The van der Waals surface area contributed by atoms with E-state index in [0.29, 0.717) is 0 Å². The van der Waals surface area contributed by atoms with Crippen molar-refractivity contribution in [3.8, 4) is 24.2 Å². The van der Waals surface area contributed by atoms with E-state index in [-0.39, 0.29) is 0 Å². The topological polar surface area (TPSA) is 60.7 Å². The molecule has 0 spiro atoms. The third kappa shape index (κ3) is 4.54. The molecule has 0 saturated carbocycles. The molecule has 3 heteroatoms. The fourth-order valence-corrected chi connectivity index (χ4v) is 0.466. The van der Waals surface area contributed by atoms with Crippen LogP contribution >= 0.6 is 0 Å². The molecule has 3 N–H and O–H groups in total. The van der Waals surface area contributed by atoms with Crippen LogP contribution in [-0.2, 0) is 0 Å². The molecule has 0 bridgehead atoms. The number of terminal acetylenes is 1. The van der Waals surface area contributed by atoms with Crippen LogP contribution in [0.4, 0.5) is 0 Å². The summed E-state index contributed by atoms with van der Waals surface area (Å²) in [7, 11) is 0. The molecule has 2 atom stereocenters. The molecule has 3 nitrogen and oxygen atoms in total. The van der Waals surface area contributed by atoms with Crippen molar-refractivity contribution in [2.75, 3.05) is 6.61 Å². The summed E-state index contributed by atoms with van der Waals surface area (Å²) < 4.78 is 0. The molecular weight excluding hydrogens is 156 g/mol. The highest BCUT2D eigenvalue weighted by Gasteiger charge is 2.10. The molecular formula is C9H10O3. The summed E-state index contributed by atoms with van der Waals surface area (Å²) in [6.07, 6.45) is 5.12. The van der Waals surface area contributed by atoms with Crippen molar-refractivity contribution in [2.45, 2.75) is 12.2 Å². The Labute approximate surface area is 71.4 Å². The van der Waals surface area contributed by atoms with Crippen molar-refractivity contribution in [3.05, 3.63) is 12.2 Å². The first kappa shape index (κ1) is 10.7. The predicted octanol–water partition coefficient (Wildman–Crippen LogP) is -1.11. The van der Waals surface area contributed by atoms with E-state index in [1.165, 1.54) is 12.2 Å². The second-order valence-corrected chi connectivity index (χ2v) is 2.01. The third-order valence-corrected chi connectivity index (χ3v) is 1.10. The Morgan fingerprint density at radius 3 is 2.58 bits per heavy atom. The molecule has 0 unspecified atom stereocenters. The van der Waals surface area contributed by atoms with Crippen molar-refractivity contribution in [1.29, 1.82) is 0 Å². The molecule has 0 rings (SSSR count). The Kier molecular flexibility index (Phi) is 5.77. The van der Waals surface area contributed by atoms with Crippen molar-refractivity contribution in [2.24, 2.45) is 0 Å². The Bertz CT molecular complexity index is 239. The Morgan fingerprint density at radius 1 is 1.42 bits per heavy atom. The SMILES string of the molecule is C#CC#C/C=C/[C@H](O)[C@@H](O)CO. The van der Waals surface area contributed by atoms with Gasteiger partial charge in [0, 0.05) is 0 Å². The van der Waals surface area contributed by atoms with Gasteiger partial charge >= 0.3 is 0 Å². The number of hydrogen-bond acceptors (Lipinski definition) is 3. The van der Waals surface area contributed by atoms with Gasteiger partial charge in [0.15, 0.2) is 0 Å². The van der Waals surface area contributed by atoms with Gasteiger partial charge in [-0.3, -0.25) is 0 Å². The first-order valence-corrected chi connectivity index (χ1v) is 3.32. The average Bonchev–Trinajstić information content (AvgIpc) is 2.10. The minimum atomic E-state index is -1.17. The van der Waals surface area contributed by atoms with Crippen LogP contribution < -0.4 is 0 Å². The van der Waals surface area contributed by atoms with Gasteiger partial charge in [0.1, 0.15) is 12.2 Å². The lowest BCUT2D eigenvalue weighted by molar-refractivity contribution is 0.00951. The summed E-state index contributed by atoms with van der Waals surface area (Å²) in [5.41, 5.74) is 0. The van der Waals surface area contributed by atoms with E-state index in [4.69, 9.17) is 21.7 Å². The molecule has 0 saturated heterocycles. The van der Waals surface area contributed by atoms with Crippen molar-refractivity contribution in [1.82, 2.24) is 0 Å². The van der Waals surface area contributed by atoms with E-state index in [9.17, 15) is 0 Å². The molecule has 0 aromatic heterocycles. The zero-order valence-electron chi connectivity index (χ0n) is 6.44. The van der Waals surface area contributed by atoms with Gasteiger partial charge in [0.25, 0.3) is 0 Å². The quantitative estimate of drug-likeness (QED) is 0.466. The molecule has 0 aliphatic carbocycles. The zero-order chi connectivity index (χ0) is 9.40. The largest absolute Gasteiger partial charge is 0.394 e. The lowest BCUT2D eigenvalue weighted by Crippen LogP contribution is -2.27. The Hall–Kier alpha value is -1.26. The van der Waals surface area contributed by atoms with E-state index in [1.807, 2.05) is 0 Å². The normalized spacial score (nSPS) is 14.5. The number of aliphatic hydroxyl groups is 3. The summed E-state index contributed by atoms with van der Waals surface area (Å²) in [6.45, 7) is -0.492. The summed E-state index contributed by atoms with van der Waals surface area (Å²) in [5, 5.41) is 26.2. The number of hydrogen-bond donors (Lipinski definition) is 3. The molecule has 0 aliphatic heterocycles. The maximum atomic E-state index is 9.00. The van der Waals surface area contributed by atoms with Crippen LogP contribution in [0.25, 0.3) is 0 Å². The van der Waals surface area contributed by atoms with Gasteiger partial charge < -0.3 is 15.3 Å². The maximum Gasteiger partial charge on any atom is 0.106 e. The first-order chi connectivity index (χ1) is 5.72. The maximum absolute atomic E-state index is 9.00. The summed E-state index contributed by atoms with van der Waals surface area (Å²) in [6, 6.07) is 0. The van der Waals surface area contributed by atoms with Gasteiger partial charge in [-0.05, 0) is 24.0 Å². The molecule has 0 aromatic rings. The van der Waals surface area contributed by atoms with Gasteiger partial charge in [-0.1, -0.05) is 5.92 Å². The highest BCUT2D eigenvalue weighted by Crippen LogP contribution is 1.93. The monoisotopic (exact) mass is 166 g/mol. The minimum Gasteiger partial charge on any atom is -0.394 e. The van der Waals surface area contributed by atoms with Gasteiger partial charge in [0.05, 0.1) is 6.61 Å². The number of allylic oxidation sites excluding steroid dienone is 1. The highest BCUT2D eigenvalue weighted by molar-refractivity contribution is 5.28. The van der Waals surface area contributed by atoms with E-state index in [1.54, 1.807) is 0 Å². The zero-order valence-corrected chi connectivity index (χ0v) is 6.44. The van der Waals surface area contributed by atoms with Crippen LogP contribution in [0.5, 0.6) is 0 Å². The van der Waals surface area contributed by atoms with E-state index >= 15 is 0 Å². The smallest absolute Gasteiger partial charge is 0.106 e. The summed E-state index contributed by atoms with van der Waals surface area (Å²) >= 11 is 0. The molecule has 12 heavy (non-hydrogen) atoms. The molecule has 0 radical (unpaired) electrons. The number of aliphatic hydroxyl groups excluding tert-OH is 3. The van der Waals surface area contributed by atoms with E-state index in [0.717, 1.165) is 0 Å². The van der Waals surface area contributed by atoms with Gasteiger partial charge in [-0.15, -0.1) is 6.42 Å². The average molecular weight is 166 g/mol. The van der Waals surface area contributed by atoms with E-state index in [2.05, 4.69) is 17.8 Å². The third-order valence-electron chi connectivity index (χ3n) is 1.10. The van der Waals surface area contributed by atoms with Crippen LogP contribution in [0, 0.1) is 24.2 Å². The lowest BCUT2D eigenvalue weighted by atomic mass is 10.2. The second kappa shape index (κ2) is 6.45. The molecule has 0 heterocycles. The van der Waals surface area contributed by atoms with Crippen LogP contribution in [0.2, 0.25) is 0 Å². The molecule has 0 aliphatic rings. The lowest BCUT2D eigenvalue weighted by Gasteiger charge is -2.09. The first-order valence-electron chi connectivity index (χ1n) is 3.32. The Balaban J connectivity index is 3.92. The molecule has 0 amide bonds. The van der Waals surface area contributed by atoms with Crippen molar-refractivity contribution < 1.29 is 15.3 Å². The van der Waals surface area contributed by atoms with Crippen LogP contribution in [0.3, 0.4) is 0 Å². The van der Waals surface area contributed by atoms with Gasteiger partial charge in [-0.2, -0.15) is 0 Å². The summed E-state index contributed by atoms with van der Waals surface area (Å²) in [5.74, 6) is 6.80. The predicted molar refractivity (Wildman–Crippen MR) is 44.8 cm³/mol. The molecule has 0 aromatic carbocycles. The van der Waals surface area contributed by atoms with Crippen molar-refractivity contribution >= 4 is 0 Å². The van der Waals surface area contributed by atoms with E-state index < -0.39 is 18.8 Å². The summed E-state index contributed by atoms with van der Waals surface area (Å²) in [4.78, 5) is 0. The van der Waals surface area contributed by atoms with Crippen LogP contribution in [0.1, 0.15) is 0 Å². The van der Waals surface area contributed by atoms with Crippen molar-refractivity contribution in [3.63, 3.8) is 0 Å². The standard InChI is InChI=1S/C9H10O3/c1-2-3-4-5-6-8(11)9(12)7-10/h1,5-6,8-12H,7H2/b6-5+/t8-,9-/m0/s1. The van der Waals surface area contributed by atoms with Gasteiger partial charge in [0.2, 0.25) is 0 Å². The fourth-order valence-electron chi connectivity index (χ4n) is 0.466. The van der Waals surface area contributed by atoms with Gasteiger partial charge in [-0.25, -0.2) is 0 Å². The number of rotatable bonds is 3.